The van der Waals surface area contributed by atoms with Gasteiger partial charge in [-0.1, -0.05) is 19.1 Å². The molecule has 0 heterocycles. The van der Waals surface area contributed by atoms with Crippen molar-refractivity contribution in [1.82, 2.24) is 4.31 Å². The Kier molecular flexibility index (Phi) is 5.49. The number of thiocarbonyl (C=S) groups is 1. The SMILES string of the molecule is CCN(CCC(N)=S)S(=O)(=O)c1c(F)cc(F)cc1F. The molecule has 0 fully saturated rings. The van der Waals surface area contributed by atoms with E-state index in [2.05, 4.69) is 12.2 Å². The first-order valence-corrected chi connectivity index (χ1v) is 7.48. The smallest absolute Gasteiger partial charge is 0.248 e. The summed E-state index contributed by atoms with van der Waals surface area (Å²) in [5.74, 6) is -4.14. The second kappa shape index (κ2) is 6.51. The molecule has 0 bridgehead atoms. The summed E-state index contributed by atoms with van der Waals surface area (Å²) in [6.07, 6.45) is 0.0762. The van der Waals surface area contributed by atoms with Gasteiger partial charge in [-0.2, -0.15) is 4.31 Å². The van der Waals surface area contributed by atoms with Gasteiger partial charge in [0.05, 0.1) is 4.99 Å². The summed E-state index contributed by atoms with van der Waals surface area (Å²) in [5, 5.41) is 0. The molecule has 0 saturated carbocycles. The van der Waals surface area contributed by atoms with Gasteiger partial charge in [0.15, 0.2) is 4.90 Å². The Hall–Kier alpha value is -1.19. The second-order valence-electron chi connectivity index (χ2n) is 3.91. The molecule has 20 heavy (non-hydrogen) atoms. The molecular formula is C11H13F3N2O2S2. The minimum atomic E-state index is -4.42. The highest BCUT2D eigenvalue weighted by Crippen LogP contribution is 2.23. The number of hydrogen-bond acceptors (Lipinski definition) is 3. The van der Waals surface area contributed by atoms with Crippen molar-refractivity contribution in [2.24, 2.45) is 5.73 Å². The van der Waals surface area contributed by atoms with Gasteiger partial charge in [-0.15, -0.1) is 0 Å². The molecule has 0 aliphatic carbocycles. The molecule has 0 aliphatic heterocycles. The van der Waals surface area contributed by atoms with E-state index in [1.165, 1.54) is 6.92 Å². The van der Waals surface area contributed by atoms with Crippen molar-refractivity contribution in [2.75, 3.05) is 13.1 Å². The molecule has 0 aromatic heterocycles. The molecule has 112 valence electrons. The fraction of sp³-hybridized carbons (Fsp3) is 0.364. The van der Waals surface area contributed by atoms with Crippen molar-refractivity contribution in [2.45, 2.75) is 18.2 Å². The molecule has 2 N–H and O–H groups in total. The van der Waals surface area contributed by atoms with Crippen LogP contribution >= 0.6 is 12.2 Å². The van der Waals surface area contributed by atoms with Crippen LogP contribution in [0.3, 0.4) is 0 Å². The molecule has 0 radical (unpaired) electrons. The van der Waals surface area contributed by atoms with Crippen molar-refractivity contribution in [3.8, 4) is 0 Å². The third kappa shape index (κ3) is 3.68. The lowest BCUT2D eigenvalue weighted by Gasteiger charge is -2.20. The number of hydrogen-bond donors (Lipinski definition) is 1. The van der Waals surface area contributed by atoms with Crippen molar-refractivity contribution >= 4 is 27.2 Å². The molecule has 1 rings (SSSR count). The van der Waals surface area contributed by atoms with Crippen LogP contribution in [0.25, 0.3) is 0 Å². The minimum absolute atomic E-state index is 0.0266. The van der Waals surface area contributed by atoms with Crippen molar-refractivity contribution in [3.05, 3.63) is 29.6 Å². The summed E-state index contributed by atoms with van der Waals surface area (Å²) in [7, 11) is -4.42. The quantitative estimate of drug-likeness (QED) is 0.810. The maximum absolute atomic E-state index is 13.6. The van der Waals surface area contributed by atoms with E-state index in [1.54, 1.807) is 0 Å². The standard InChI is InChI=1S/C11H13F3N2O2S2/c1-2-16(4-3-10(15)19)20(17,18)11-8(13)5-7(12)6-9(11)14/h5-6H,2-4H2,1H3,(H2,15,19). The molecule has 0 spiro atoms. The van der Waals surface area contributed by atoms with E-state index in [0.717, 1.165) is 4.31 Å². The Balaban J connectivity index is 3.24. The monoisotopic (exact) mass is 326 g/mol. The lowest BCUT2D eigenvalue weighted by Crippen LogP contribution is -2.34. The molecule has 0 aliphatic rings. The van der Waals surface area contributed by atoms with E-state index in [-0.39, 0.29) is 24.5 Å². The highest BCUT2D eigenvalue weighted by Gasteiger charge is 2.30. The van der Waals surface area contributed by atoms with Crippen molar-refractivity contribution in [3.63, 3.8) is 0 Å². The zero-order valence-corrected chi connectivity index (χ0v) is 12.2. The second-order valence-corrected chi connectivity index (χ2v) is 6.31. The van der Waals surface area contributed by atoms with E-state index in [0.29, 0.717) is 12.1 Å². The summed E-state index contributed by atoms with van der Waals surface area (Å²) < 4.78 is 65.1. The van der Waals surface area contributed by atoms with Crippen LogP contribution in [-0.2, 0) is 10.0 Å². The highest BCUT2D eigenvalue weighted by molar-refractivity contribution is 7.89. The normalized spacial score (nSPS) is 11.8. The first kappa shape index (κ1) is 16.9. The van der Waals surface area contributed by atoms with Gasteiger partial charge < -0.3 is 5.73 Å². The molecule has 0 amide bonds. The fourth-order valence-corrected chi connectivity index (χ4v) is 3.22. The average molecular weight is 326 g/mol. The predicted octanol–water partition coefficient (Wildman–Crippen LogP) is 1.79. The number of sulfonamides is 1. The first-order valence-electron chi connectivity index (χ1n) is 5.63. The summed E-state index contributed by atoms with van der Waals surface area (Å²) in [6, 6.07) is 0.634. The Labute approximate surface area is 120 Å². The first-order chi connectivity index (χ1) is 9.20. The van der Waals surface area contributed by atoms with E-state index >= 15 is 0 Å². The molecule has 9 heteroatoms. The van der Waals surface area contributed by atoms with Gasteiger partial charge in [0.2, 0.25) is 10.0 Å². The minimum Gasteiger partial charge on any atom is -0.393 e. The number of benzene rings is 1. The van der Waals surface area contributed by atoms with E-state index in [4.69, 9.17) is 5.73 Å². The summed E-state index contributed by atoms with van der Waals surface area (Å²) in [6.45, 7) is 1.36. The summed E-state index contributed by atoms with van der Waals surface area (Å²) in [4.78, 5) is -1.10. The third-order valence-electron chi connectivity index (χ3n) is 2.52. The Morgan fingerprint density at radius 2 is 1.80 bits per heavy atom. The Morgan fingerprint density at radius 3 is 2.20 bits per heavy atom. The molecular weight excluding hydrogens is 313 g/mol. The molecule has 0 saturated heterocycles. The van der Waals surface area contributed by atoms with Crippen molar-refractivity contribution in [1.29, 1.82) is 0 Å². The summed E-state index contributed by atoms with van der Waals surface area (Å²) >= 11 is 4.63. The lowest BCUT2D eigenvalue weighted by molar-refractivity contribution is 0.422. The number of nitrogens with zero attached hydrogens (tertiary/aromatic N) is 1. The molecule has 4 nitrogen and oxygen atoms in total. The van der Waals surface area contributed by atoms with Crippen LogP contribution in [0.1, 0.15) is 13.3 Å². The number of rotatable bonds is 6. The van der Waals surface area contributed by atoms with Gasteiger partial charge in [0.1, 0.15) is 17.5 Å². The topological polar surface area (TPSA) is 63.4 Å². The van der Waals surface area contributed by atoms with Crippen LogP contribution in [0.5, 0.6) is 0 Å². The van der Waals surface area contributed by atoms with Crippen LogP contribution in [0, 0.1) is 17.5 Å². The van der Waals surface area contributed by atoms with Gasteiger partial charge in [0, 0.05) is 31.6 Å². The van der Waals surface area contributed by atoms with Crippen LogP contribution in [-0.4, -0.2) is 30.8 Å². The van der Waals surface area contributed by atoms with E-state index in [9.17, 15) is 21.6 Å². The Morgan fingerprint density at radius 1 is 1.30 bits per heavy atom. The molecule has 0 unspecified atom stereocenters. The maximum Gasteiger partial charge on any atom is 0.248 e. The van der Waals surface area contributed by atoms with Crippen LogP contribution < -0.4 is 5.73 Å². The van der Waals surface area contributed by atoms with E-state index in [1.807, 2.05) is 0 Å². The lowest BCUT2D eigenvalue weighted by atomic mass is 10.3. The fourth-order valence-electron chi connectivity index (χ4n) is 1.59. The van der Waals surface area contributed by atoms with Crippen LogP contribution in [0.2, 0.25) is 0 Å². The zero-order valence-electron chi connectivity index (χ0n) is 10.6. The van der Waals surface area contributed by atoms with Gasteiger partial charge in [-0.25, -0.2) is 21.6 Å². The van der Waals surface area contributed by atoms with Crippen LogP contribution in [0.4, 0.5) is 13.2 Å². The van der Waals surface area contributed by atoms with Gasteiger partial charge in [-0.05, 0) is 0 Å². The Bertz CT molecular complexity index is 597. The maximum atomic E-state index is 13.6. The molecule has 0 atom stereocenters. The van der Waals surface area contributed by atoms with Crippen molar-refractivity contribution < 1.29 is 21.6 Å². The average Bonchev–Trinajstić information content (AvgIpc) is 2.26. The molecule has 1 aromatic rings. The van der Waals surface area contributed by atoms with Gasteiger partial charge in [0.25, 0.3) is 0 Å². The molecule has 1 aromatic carbocycles. The largest absolute Gasteiger partial charge is 0.393 e. The number of halogens is 3. The van der Waals surface area contributed by atoms with E-state index < -0.39 is 32.4 Å². The summed E-state index contributed by atoms with van der Waals surface area (Å²) in [5.41, 5.74) is 5.27. The number of nitrogens with two attached hydrogens (primary N) is 1. The van der Waals surface area contributed by atoms with Gasteiger partial charge >= 0.3 is 0 Å². The predicted molar refractivity (Wildman–Crippen MR) is 72.2 cm³/mol. The van der Waals surface area contributed by atoms with Gasteiger partial charge in [-0.3, -0.25) is 0 Å². The zero-order chi connectivity index (χ0) is 15.5. The highest BCUT2D eigenvalue weighted by atomic mass is 32.2. The van der Waals surface area contributed by atoms with Crippen LogP contribution in [0.15, 0.2) is 17.0 Å². The third-order valence-corrected chi connectivity index (χ3v) is 4.75.